The number of nitrogens with zero attached hydrogens (tertiary/aromatic N) is 3. The number of hydrogen-bond acceptors (Lipinski definition) is 3. The second-order valence-corrected chi connectivity index (χ2v) is 5.61. The van der Waals surface area contributed by atoms with Crippen LogP contribution in [0.5, 0.6) is 0 Å². The third kappa shape index (κ3) is 2.95. The van der Waals surface area contributed by atoms with Crippen molar-refractivity contribution in [1.82, 2.24) is 4.98 Å². The van der Waals surface area contributed by atoms with Gasteiger partial charge in [0.15, 0.2) is 0 Å². The summed E-state index contributed by atoms with van der Waals surface area (Å²) in [5.41, 5.74) is 2.91. The van der Waals surface area contributed by atoms with E-state index >= 15 is 0 Å². The first-order valence-corrected chi connectivity index (χ1v) is 7.39. The highest BCUT2D eigenvalue weighted by atomic mass is 35.5. The second kappa shape index (κ2) is 5.90. The molecule has 0 spiro atoms. The van der Waals surface area contributed by atoms with Crippen LogP contribution in [0.25, 0.3) is 0 Å². The normalized spacial score (nSPS) is 15.4. The largest absolute Gasteiger partial charge is 0.367 e. The fourth-order valence-corrected chi connectivity index (χ4v) is 2.95. The van der Waals surface area contributed by atoms with Crippen LogP contribution in [0.3, 0.4) is 0 Å². The Morgan fingerprint density at radius 2 is 1.67 bits per heavy atom. The minimum atomic E-state index is -0.157. The molecule has 21 heavy (non-hydrogen) atoms. The molecule has 0 unspecified atom stereocenters. The minimum absolute atomic E-state index is 0.157. The van der Waals surface area contributed by atoms with E-state index in [0.29, 0.717) is 10.8 Å². The average molecular weight is 306 g/mol. The number of aromatic nitrogens is 1. The van der Waals surface area contributed by atoms with Crippen molar-refractivity contribution >= 4 is 23.0 Å². The predicted molar refractivity (Wildman–Crippen MR) is 84.8 cm³/mol. The molecule has 2 heterocycles. The average Bonchev–Trinajstić information content (AvgIpc) is 2.48. The van der Waals surface area contributed by atoms with E-state index in [1.165, 1.54) is 6.07 Å². The van der Waals surface area contributed by atoms with Crippen molar-refractivity contribution in [3.8, 4) is 0 Å². The zero-order valence-electron chi connectivity index (χ0n) is 11.9. The number of aryl methyl sites for hydroxylation is 1. The summed E-state index contributed by atoms with van der Waals surface area (Å²) in [4.78, 5) is 8.52. The summed E-state index contributed by atoms with van der Waals surface area (Å²) < 4.78 is 13.8. The van der Waals surface area contributed by atoms with E-state index in [4.69, 9.17) is 11.6 Å². The van der Waals surface area contributed by atoms with Gasteiger partial charge in [0, 0.05) is 26.2 Å². The molecule has 0 bridgehead atoms. The zero-order chi connectivity index (χ0) is 14.8. The van der Waals surface area contributed by atoms with Crippen LogP contribution >= 0.6 is 11.6 Å². The van der Waals surface area contributed by atoms with Gasteiger partial charge >= 0.3 is 0 Å². The summed E-state index contributed by atoms with van der Waals surface area (Å²) in [7, 11) is 0. The standard InChI is InChI=1S/C16H17ClFN3/c1-12-10-16(17)19-11-15(12)21-8-6-20(7-9-21)14-5-3-2-4-13(14)18/h2-5,10-11H,6-9H2,1H3. The number of halogens is 2. The van der Waals surface area contributed by atoms with Crippen molar-refractivity contribution in [1.29, 1.82) is 0 Å². The van der Waals surface area contributed by atoms with Gasteiger partial charge in [-0.3, -0.25) is 0 Å². The fraction of sp³-hybridized carbons (Fsp3) is 0.312. The number of anilines is 2. The van der Waals surface area contributed by atoms with Crippen molar-refractivity contribution in [2.24, 2.45) is 0 Å². The molecule has 5 heteroatoms. The number of rotatable bonds is 2. The Balaban J connectivity index is 1.72. The third-order valence-corrected chi connectivity index (χ3v) is 4.07. The Hall–Kier alpha value is -1.81. The van der Waals surface area contributed by atoms with Crippen molar-refractivity contribution in [2.45, 2.75) is 6.92 Å². The maximum Gasteiger partial charge on any atom is 0.146 e. The van der Waals surface area contributed by atoms with Crippen LogP contribution in [0.15, 0.2) is 36.5 Å². The Morgan fingerprint density at radius 3 is 2.29 bits per heavy atom. The highest BCUT2D eigenvalue weighted by molar-refractivity contribution is 6.29. The van der Waals surface area contributed by atoms with Crippen molar-refractivity contribution < 1.29 is 4.39 Å². The van der Waals surface area contributed by atoms with E-state index < -0.39 is 0 Å². The molecule has 0 saturated carbocycles. The lowest BCUT2D eigenvalue weighted by Gasteiger charge is -2.37. The molecule has 3 rings (SSSR count). The molecule has 1 fully saturated rings. The molecule has 1 aliphatic rings. The van der Waals surface area contributed by atoms with Gasteiger partial charge < -0.3 is 9.80 Å². The summed E-state index contributed by atoms with van der Waals surface area (Å²) in [5.74, 6) is -0.157. The van der Waals surface area contributed by atoms with Gasteiger partial charge in [0.05, 0.1) is 17.6 Å². The van der Waals surface area contributed by atoms with E-state index in [1.54, 1.807) is 6.07 Å². The summed E-state index contributed by atoms with van der Waals surface area (Å²) in [5, 5.41) is 0.515. The molecule has 110 valence electrons. The summed E-state index contributed by atoms with van der Waals surface area (Å²) in [6.45, 7) is 5.31. The lowest BCUT2D eigenvalue weighted by molar-refractivity contribution is 0.597. The maximum absolute atomic E-state index is 13.8. The van der Waals surface area contributed by atoms with E-state index in [1.807, 2.05) is 31.3 Å². The molecule has 1 aromatic heterocycles. The van der Waals surface area contributed by atoms with Crippen LogP contribution in [0, 0.1) is 12.7 Å². The number of para-hydroxylation sites is 1. The Morgan fingerprint density at radius 1 is 1.05 bits per heavy atom. The van der Waals surface area contributed by atoms with Crippen molar-refractivity contribution in [3.05, 3.63) is 53.1 Å². The van der Waals surface area contributed by atoms with Gasteiger partial charge in [-0.2, -0.15) is 0 Å². The number of hydrogen-bond donors (Lipinski definition) is 0. The zero-order valence-corrected chi connectivity index (χ0v) is 12.6. The van der Waals surface area contributed by atoms with E-state index in [0.717, 1.165) is 37.4 Å². The van der Waals surface area contributed by atoms with Crippen LogP contribution in [-0.2, 0) is 0 Å². The first-order chi connectivity index (χ1) is 10.1. The fourth-order valence-electron chi connectivity index (χ4n) is 2.74. The molecule has 0 N–H and O–H groups in total. The third-order valence-electron chi connectivity index (χ3n) is 3.86. The molecule has 0 amide bonds. The van der Waals surface area contributed by atoms with Gasteiger partial charge in [-0.25, -0.2) is 9.37 Å². The molecule has 0 radical (unpaired) electrons. The van der Waals surface area contributed by atoms with Crippen LogP contribution in [-0.4, -0.2) is 31.2 Å². The highest BCUT2D eigenvalue weighted by Crippen LogP contribution is 2.25. The van der Waals surface area contributed by atoms with E-state index in [2.05, 4.69) is 14.8 Å². The smallest absolute Gasteiger partial charge is 0.146 e. The van der Waals surface area contributed by atoms with Crippen LogP contribution in [0.4, 0.5) is 15.8 Å². The van der Waals surface area contributed by atoms with Crippen molar-refractivity contribution in [2.75, 3.05) is 36.0 Å². The predicted octanol–water partition coefficient (Wildman–Crippen LogP) is 3.51. The van der Waals surface area contributed by atoms with Crippen molar-refractivity contribution in [3.63, 3.8) is 0 Å². The topological polar surface area (TPSA) is 19.4 Å². The molecule has 2 aromatic rings. The Kier molecular flexibility index (Phi) is 3.97. The maximum atomic E-state index is 13.8. The van der Waals surface area contributed by atoms with Crippen LogP contribution < -0.4 is 9.80 Å². The van der Waals surface area contributed by atoms with Gasteiger partial charge in [-0.1, -0.05) is 23.7 Å². The lowest BCUT2D eigenvalue weighted by Crippen LogP contribution is -2.47. The van der Waals surface area contributed by atoms with Crippen LogP contribution in [0.1, 0.15) is 5.56 Å². The monoisotopic (exact) mass is 305 g/mol. The summed E-state index contributed by atoms with van der Waals surface area (Å²) >= 11 is 5.90. The SMILES string of the molecule is Cc1cc(Cl)ncc1N1CCN(c2ccccc2F)CC1. The van der Waals surface area contributed by atoms with Gasteiger partial charge in [0.1, 0.15) is 11.0 Å². The lowest BCUT2D eigenvalue weighted by atomic mass is 10.2. The Bertz CT molecular complexity index is 639. The van der Waals surface area contributed by atoms with Gasteiger partial charge in [0.25, 0.3) is 0 Å². The summed E-state index contributed by atoms with van der Waals surface area (Å²) in [6.07, 6.45) is 1.82. The number of piperazine rings is 1. The quantitative estimate of drug-likeness (QED) is 0.792. The first kappa shape index (κ1) is 14.1. The number of pyridine rings is 1. The molecule has 0 aliphatic carbocycles. The molecular weight excluding hydrogens is 289 g/mol. The molecular formula is C16H17ClFN3. The minimum Gasteiger partial charge on any atom is -0.367 e. The second-order valence-electron chi connectivity index (χ2n) is 5.22. The molecule has 0 atom stereocenters. The summed E-state index contributed by atoms with van der Waals surface area (Å²) in [6, 6.07) is 8.81. The molecule has 1 aromatic carbocycles. The number of benzene rings is 1. The van der Waals surface area contributed by atoms with Gasteiger partial charge in [-0.15, -0.1) is 0 Å². The van der Waals surface area contributed by atoms with E-state index in [9.17, 15) is 4.39 Å². The molecule has 1 aliphatic heterocycles. The Labute approximate surface area is 129 Å². The van der Waals surface area contributed by atoms with Gasteiger partial charge in [0.2, 0.25) is 0 Å². The van der Waals surface area contributed by atoms with E-state index in [-0.39, 0.29) is 5.82 Å². The van der Waals surface area contributed by atoms with Crippen LogP contribution in [0.2, 0.25) is 5.15 Å². The highest BCUT2D eigenvalue weighted by Gasteiger charge is 2.20. The van der Waals surface area contributed by atoms with Gasteiger partial charge in [-0.05, 0) is 30.7 Å². The first-order valence-electron chi connectivity index (χ1n) is 7.02. The molecule has 1 saturated heterocycles. The molecule has 3 nitrogen and oxygen atoms in total.